The standard InChI is InChI=1S/C14H25N/c1-4-13(11-12-15(2)3)14-9-7-5-6-8-10-14/h4,9H,5-8,10-12H2,1-3H3/b13-4+. The fourth-order valence-electron chi connectivity index (χ4n) is 2.14. The van der Waals surface area contributed by atoms with Crippen molar-refractivity contribution in [1.29, 1.82) is 0 Å². The zero-order chi connectivity index (χ0) is 11.1. The molecule has 0 unspecified atom stereocenters. The Hall–Kier alpha value is -0.560. The van der Waals surface area contributed by atoms with Crippen molar-refractivity contribution in [2.75, 3.05) is 20.6 Å². The predicted octanol–water partition coefficient (Wildman–Crippen LogP) is 3.77. The van der Waals surface area contributed by atoms with Gasteiger partial charge in [0.2, 0.25) is 0 Å². The van der Waals surface area contributed by atoms with Crippen molar-refractivity contribution in [3.05, 3.63) is 23.3 Å². The minimum absolute atomic E-state index is 1.16. The number of allylic oxidation sites excluding steroid dienone is 3. The molecular weight excluding hydrogens is 182 g/mol. The summed E-state index contributed by atoms with van der Waals surface area (Å²) in [5, 5.41) is 0. The Balaban J connectivity index is 2.53. The van der Waals surface area contributed by atoms with E-state index < -0.39 is 0 Å². The first-order chi connectivity index (χ1) is 7.24. The Morgan fingerprint density at radius 2 is 2.13 bits per heavy atom. The second kappa shape index (κ2) is 6.84. The Kier molecular flexibility index (Phi) is 5.70. The molecule has 0 aromatic carbocycles. The molecule has 0 fully saturated rings. The monoisotopic (exact) mass is 207 g/mol. The van der Waals surface area contributed by atoms with E-state index in [4.69, 9.17) is 0 Å². The third kappa shape index (κ3) is 4.65. The van der Waals surface area contributed by atoms with Crippen molar-refractivity contribution in [3.63, 3.8) is 0 Å². The van der Waals surface area contributed by atoms with Gasteiger partial charge in [-0.3, -0.25) is 0 Å². The summed E-state index contributed by atoms with van der Waals surface area (Å²) < 4.78 is 0. The maximum absolute atomic E-state index is 2.47. The molecule has 0 radical (unpaired) electrons. The summed E-state index contributed by atoms with van der Waals surface area (Å²) in [7, 11) is 4.30. The topological polar surface area (TPSA) is 3.24 Å². The maximum Gasteiger partial charge on any atom is 0.00157 e. The zero-order valence-electron chi connectivity index (χ0n) is 10.6. The van der Waals surface area contributed by atoms with Gasteiger partial charge in [-0.05, 0) is 64.3 Å². The van der Waals surface area contributed by atoms with Crippen LogP contribution in [0.4, 0.5) is 0 Å². The van der Waals surface area contributed by atoms with Gasteiger partial charge in [0.15, 0.2) is 0 Å². The molecule has 1 nitrogen and oxygen atoms in total. The van der Waals surface area contributed by atoms with Crippen LogP contribution >= 0.6 is 0 Å². The van der Waals surface area contributed by atoms with E-state index in [1.165, 1.54) is 38.5 Å². The first-order valence-corrected chi connectivity index (χ1v) is 6.23. The van der Waals surface area contributed by atoms with Crippen LogP contribution in [0.25, 0.3) is 0 Å². The van der Waals surface area contributed by atoms with Crippen LogP contribution in [-0.2, 0) is 0 Å². The Morgan fingerprint density at radius 3 is 2.80 bits per heavy atom. The minimum Gasteiger partial charge on any atom is -0.309 e. The largest absolute Gasteiger partial charge is 0.309 e. The summed E-state index contributed by atoms with van der Waals surface area (Å²) in [6.45, 7) is 3.34. The number of rotatable bonds is 4. The molecule has 86 valence electrons. The highest BCUT2D eigenvalue weighted by atomic mass is 15.0. The van der Waals surface area contributed by atoms with E-state index in [-0.39, 0.29) is 0 Å². The van der Waals surface area contributed by atoms with Gasteiger partial charge in [-0.1, -0.05) is 18.6 Å². The van der Waals surface area contributed by atoms with Crippen LogP contribution in [0.1, 0.15) is 45.4 Å². The molecule has 0 aromatic rings. The minimum atomic E-state index is 1.16. The summed E-state index contributed by atoms with van der Waals surface area (Å²) >= 11 is 0. The lowest BCUT2D eigenvalue weighted by Gasteiger charge is -2.14. The van der Waals surface area contributed by atoms with Crippen molar-refractivity contribution >= 4 is 0 Å². The Bertz CT molecular complexity index is 236. The highest BCUT2D eigenvalue weighted by Crippen LogP contribution is 2.25. The summed E-state index contributed by atoms with van der Waals surface area (Å²) in [6, 6.07) is 0. The second-order valence-corrected chi connectivity index (χ2v) is 4.70. The van der Waals surface area contributed by atoms with Gasteiger partial charge in [0.25, 0.3) is 0 Å². The van der Waals surface area contributed by atoms with E-state index in [0.717, 1.165) is 6.54 Å². The Labute approximate surface area is 94.9 Å². The quantitative estimate of drug-likeness (QED) is 0.678. The van der Waals surface area contributed by atoms with Crippen LogP contribution in [-0.4, -0.2) is 25.5 Å². The third-order valence-corrected chi connectivity index (χ3v) is 3.13. The first-order valence-electron chi connectivity index (χ1n) is 6.23. The van der Waals surface area contributed by atoms with Crippen LogP contribution in [0, 0.1) is 0 Å². The van der Waals surface area contributed by atoms with Crippen molar-refractivity contribution in [3.8, 4) is 0 Å². The van der Waals surface area contributed by atoms with Crippen LogP contribution in [0.15, 0.2) is 23.3 Å². The lowest BCUT2D eigenvalue weighted by molar-refractivity contribution is 0.413. The van der Waals surface area contributed by atoms with Crippen LogP contribution < -0.4 is 0 Å². The molecule has 1 aliphatic rings. The van der Waals surface area contributed by atoms with E-state index in [1.807, 2.05) is 0 Å². The highest BCUT2D eigenvalue weighted by Gasteiger charge is 2.07. The molecule has 0 heterocycles. The summed E-state index contributed by atoms with van der Waals surface area (Å²) in [4.78, 5) is 2.26. The fraction of sp³-hybridized carbons (Fsp3) is 0.714. The van der Waals surface area contributed by atoms with Crippen LogP contribution in [0.5, 0.6) is 0 Å². The van der Waals surface area contributed by atoms with Gasteiger partial charge in [0.05, 0.1) is 0 Å². The maximum atomic E-state index is 2.47. The summed E-state index contributed by atoms with van der Waals surface area (Å²) in [5.74, 6) is 0. The van der Waals surface area contributed by atoms with E-state index in [9.17, 15) is 0 Å². The van der Waals surface area contributed by atoms with E-state index >= 15 is 0 Å². The normalized spacial score (nSPS) is 18.9. The highest BCUT2D eigenvalue weighted by molar-refractivity contribution is 5.31. The predicted molar refractivity (Wildman–Crippen MR) is 68.1 cm³/mol. The molecule has 0 aromatic heterocycles. The van der Waals surface area contributed by atoms with Crippen molar-refractivity contribution in [2.45, 2.75) is 45.4 Å². The molecule has 0 atom stereocenters. The smallest absolute Gasteiger partial charge is 0.00157 e. The fourth-order valence-corrected chi connectivity index (χ4v) is 2.14. The first kappa shape index (κ1) is 12.5. The number of nitrogens with zero attached hydrogens (tertiary/aromatic N) is 1. The molecule has 0 N–H and O–H groups in total. The molecule has 0 saturated carbocycles. The molecule has 0 spiro atoms. The van der Waals surface area contributed by atoms with E-state index in [2.05, 4.69) is 38.1 Å². The lowest BCUT2D eigenvalue weighted by Crippen LogP contribution is -2.13. The Morgan fingerprint density at radius 1 is 1.33 bits per heavy atom. The molecule has 15 heavy (non-hydrogen) atoms. The van der Waals surface area contributed by atoms with Crippen molar-refractivity contribution < 1.29 is 0 Å². The third-order valence-electron chi connectivity index (χ3n) is 3.13. The van der Waals surface area contributed by atoms with Gasteiger partial charge >= 0.3 is 0 Å². The van der Waals surface area contributed by atoms with Crippen molar-refractivity contribution in [1.82, 2.24) is 4.90 Å². The molecular formula is C14H25N. The van der Waals surface area contributed by atoms with Gasteiger partial charge in [0, 0.05) is 6.54 Å². The summed E-state index contributed by atoms with van der Waals surface area (Å²) in [5.41, 5.74) is 3.20. The molecule has 1 rings (SSSR count). The average molecular weight is 207 g/mol. The molecule has 1 aliphatic carbocycles. The van der Waals surface area contributed by atoms with Crippen LogP contribution in [0.3, 0.4) is 0 Å². The molecule has 0 aliphatic heterocycles. The van der Waals surface area contributed by atoms with Crippen molar-refractivity contribution in [2.24, 2.45) is 0 Å². The summed E-state index contributed by atoms with van der Waals surface area (Å²) in [6.07, 6.45) is 12.7. The van der Waals surface area contributed by atoms with Gasteiger partial charge in [-0.2, -0.15) is 0 Å². The molecule has 0 amide bonds. The van der Waals surface area contributed by atoms with Gasteiger partial charge in [-0.25, -0.2) is 0 Å². The van der Waals surface area contributed by atoms with Crippen LogP contribution in [0.2, 0.25) is 0 Å². The average Bonchev–Trinajstić information content (AvgIpc) is 2.47. The van der Waals surface area contributed by atoms with Gasteiger partial charge in [0.1, 0.15) is 0 Å². The molecule has 0 saturated heterocycles. The van der Waals surface area contributed by atoms with Gasteiger partial charge < -0.3 is 4.90 Å². The second-order valence-electron chi connectivity index (χ2n) is 4.70. The molecule has 0 bridgehead atoms. The van der Waals surface area contributed by atoms with E-state index in [1.54, 1.807) is 11.1 Å². The molecule has 1 heteroatoms. The number of hydrogen-bond donors (Lipinski definition) is 0. The number of hydrogen-bond acceptors (Lipinski definition) is 1. The SMILES string of the molecule is C/C=C(\CCN(C)C)C1=CCCCCC1. The van der Waals surface area contributed by atoms with Gasteiger partial charge in [-0.15, -0.1) is 0 Å². The lowest BCUT2D eigenvalue weighted by atomic mass is 9.98. The van der Waals surface area contributed by atoms with E-state index in [0.29, 0.717) is 0 Å². The zero-order valence-corrected chi connectivity index (χ0v) is 10.6.